The Labute approximate surface area is 151 Å². The van der Waals surface area contributed by atoms with Crippen molar-refractivity contribution in [3.63, 3.8) is 0 Å². The van der Waals surface area contributed by atoms with Crippen LogP contribution < -0.4 is 10.6 Å². The number of hydrogen-bond donors (Lipinski definition) is 2. The standard InChI is InChI=1S/C21H28N2S/c1-14(2)12-18-7-9-19(10-8-18)17(5)22-21(24)23-20-11-6-15(3)16(4)13-20/h6-11,13-14,17H,12H2,1-5H3,(H2,22,23,24)/t17-/m1/s1. The average Bonchev–Trinajstić information content (AvgIpc) is 2.51. The van der Waals surface area contributed by atoms with E-state index in [1.165, 1.54) is 22.3 Å². The van der Waals surface area contributed by atoms with Crippen molar-refractivity contribution in [3.8, 4) is 0 Å². The summed E-state index contributed by atoms with van der Waals surface area (Å²) in [5.41, 5.74) is 6.20. The van der Waals surface area contributed by atoms with Crippen LogP contribution in [0.3, 0.4) is 0 Å². The molecule has 0 aliphatic carbocycles. The molecule has 2 aromatic rings. The molecule has 0 unspecified atom stereocenters. The number of benzene rings is 2. The van der Waals surface area contributed by atoms with Gasteiger partial charge in [0.25, 0.3) is 0 Å². The number of aryl methyl sites for hydroxylation is 2. The zero-order valence-electron chi connectivity index (χ0n) is 15.3. The molecular weight excluding hydrogens is 312 g/mol. The van der Waals surface area contributed by atoms with Crippen LogP contribution in [0, 0.1) is 19.8 Å². The maximum Gasteiger partial charge on any atom is 0.171 e. The summed E-state index contributed by atoms with van der Waals surface area (Å²) in [6, 6.07) is 15.3. The number of thiocarbonyl (C=S) groups is 1. The van der Waals surface area contributed by atoms with Gasteiger partial charge < -0.3 is 10.6 Å². The number of anilines is 1. The Balaban J connectivity index is 1.94. The van der Waals surface area contributed by atoms with Crippen molar-refractivity contribution in [1.82, 2.24) is 5.32 Å². The van der Waals surface area contributed by atoms with Crippen LogP contribution in [-0.4, -0.2) is 5.11 Å². The summed E-state index contributed by atoms with van der Waals surface area (Å²) in [5, 5.41) is 7.28. The van der Waals surface area contributed by atoms with Crippen LogP contribution in [0.15, 0.2) is 42.5 Å². The molecule has 0 aliphatic heterocycles. The molecule has 0 aliphatic rings. The van der Waals surface area contributed by atoms with E-state index in [0.29, 0.717) is 11.0 Å². The lowest BCUT2D eigenvalue weighted by Gasteiger charge is -2.18. The van der Waals surface area contributed by atoms with Crippen molar-refractivity contribution >= 4 is 23.0 Å². The maximum absolute atomic E-state index is 5.45. The van der Waals surface area contributed by atoms with Crippen molar-refractivity contribution < 1.29 is 0 Å². The molecular formula is C21H28N2S. The van der Waals surface area contributed by atoms with Gasteiger partial charge in [-0.15, -0.1) is 0 Å². The fraction of sp³-hybridized carbons (Fsp3) is 0.381. The highest BCUT2D eigenvalue weighted by molar-refractivity contribution is 7.80. The molecule has 0 spiro atoms. The minimum Gasteiger partial charge on any atom is -0.356 e. The van der Waals surface area contributed by atoms with Gasteiger partial charge in [0, 0.05) is 5.69 Å². The first-order valence-electron chi connectivity index (χ1n) is 8.58. The molecule has 2 rings (SSSR count). The van der Waals surface area contributed by atoms with E-state index in [1.807, 2.05) is 0 Å². The number of nitrogens with one attached hydrogen (secondary N) is 2. The highest BCUT2D eigenvalue weighted by Gasteiger charge is 2.08. The lowest BCUT2D eigenvalue weighted by atomic mass is 10.00. The zero-order chi connectivity index (χ0) is 17.7. The maximum atomic E-state index is 5.45. The fourth-order valence-corrected chi connectivity index (χ4v) is 2.97. The van der Waals surface area contributed by atoms with Gasteiger partial charge in [-0.05, 0) is 79.7 Å². The van der Waals surface area contributed by atoms with Gasteiger partial charge >= 0.3 is 0 Å². The normalized spacial score (nSPS) is 12.1. The lowest BCUT2D eigenvalue weighted by molar-refractivity contribution is 0.646. The third kappa shape index (κ3) is 5.34. The predicted octanol–water partition coefficient (Wildman–Crippen LogP) is 5.55. The molecule has 0 saturated carbocycles. The summed E-state index contributed by atoms with van der Waals surface area (Å²) >= 11 is 5.45. The van der Waals surface area contributed by atoms with Crippen molar-refractivity contribution in [1.29, 1.82) is 0 Å². The lowest BCUT2D eigenvalue weighted by Crippen LogP contribution is -2.30. The van der Waals surface area contributed by atoms with Crippen molar-refractivity contribution in [2.45, 2.75) is 47.1 Å². The Bertz CT molecular complexity index is 689. The van der Waals surface area contributed by atoms with Gasteiger partial charge in [0.2, 0.25) is 0 Å². The molecule has 0 amide bonds. The van der Waals surface area contributed by atoms with Crippen LogP contribution in [0.4, 0.5) is 5.69 Å². The average molecular weight is 341 g/mol. The van der Waals surface area contributed by atoms with Gasteiger partial charge in [-0.25, -0.2) is 0 Å². The molecule has 0 heterocycles. The van der Waals surface area contributed by atoms with Gasteiger partial charge in [-0.1, -0.05) is 44.2 Å². The van der Waals surface area contributed by atoms with Crippen LogP contribution in [0.25, 0.3) is 0 Å². The first kappa shape index (κ1) is 18.5. The molecule has 2 N–H and O–H groups in total. The Morgan fingerprint density at radius 2 is 1.62 bits per heavy atom. The summed E-state index contributed by atoms with van der Waals surface area (Å²) in [6.07, 6.45) is 1.12. The van der Waals surface area contributed by atoms with E-state index in [0.717, 1.165) is 12.1 Å². The van der Waals surface area contributed by atoms with Crippen LogP contribution in [0.5, 0.6) is 0 Å². The molecule has 0 aromatic heterocycles. The van der Waals surface area contributed by atoms with Gasteiger partial charge in [-0.3, -0.25) is 0 Å². The van der Waals surface area contributed by atoms with E-state index in [2.05, 4.69) is 87.7 Å². The number of rotatable bonds is 5. The van der Waals surface area contributed by atoms with Gasteiger partial charge in [0.15, 0.2) is 5.11 Å². The van der Waals surface area contributed by atoms with Crippen molar-refractivity contribution in [2.75, 3.05) is 5.32 Å². The highest BCUT2D eigenvalue weighted by Crippen LogP contribution is 2.17. The Morgan fingerprint density at radius 1 is 0.958 bits per heavy atom. The van der Waals surface area contributed by atoms with E-state index in [4.69, 9.17) is 12.2 Å². The summed E-state index contributed by atoms with van der Waals surface area (Å²) in [6.45, 7) is 10.8. The summed E-state index contributed by atoms with van der Waals surface area (Å²) < 4.78 is 0. The monoisotopic (exact) mass is 340 g/mol. The second-order valence-corrected chi connectivity index (χ2v) is 7.37. The quantitative estimate of drug-likeness (QED) is 0.698. The van der Waals surface area contributed by atoms with E-state index in [-0.39, 0.29) is 6.04 Å². The Morgan fingerprint density at radius 3 is 2.21 bits per heavy atom. The third-order valence-corrected chi connectivity index (χ3v) is 4.46. The topological polar surface area (TPSA) is 24.1 Å². The fourth-order valence-electron chi connectivity index (χ4n) is 2.68. The second-order valence-electron chi connectivity index (χ2n) is 6.96. The van der Waals surface area contributed by atoms with E-state index >= 15 is 0 Å². The molecule has 3 heteroatoms. The van der Waals surface area contributed by atoms with Gasteiger partial charge in [0.1, 0.15) is 0 Å². The molecule has 1 atom stereocenters. The first-order chi connectivity index (χ1) is 11.3. The minimum atomic E-state index is 0.171. The summed E-state index contributed by atoms with van der Waals surface area (Å²) in [4.78, 5) is 0. The van der Waals surface area contributed by atoms with Crippen LogP contribution in [-0.2, 0) is 6.42 Å². The van der Waals surface area contributed by atoms with Crippen molar-refractivity contribution in [3.05, 3.63) is 64.7 Å². The van der Waals surface area contributed by atoms with E-state index in [9.17, 15) is 0 Å². The largest absolute Gasteiger partial charge is 0.356 e. The Hall–Kier alpha value is -1.87. The number of hydrogen-bond acceptors (Lipinski definition) is 1. The molecule has 0 fully saturated rings. The van der Waals surface area contributed by atoms with Crippen molar-refractivity contribution in [2.24, 2.45) is 5.92 Å². The first-order valence-corrected chi connectivity index (χ1v) is 8.99. The molecule has 128 valence electrons. The molecule has 2 nitrogen and oxygen atoms in total. The van der Waals surface area contributed by atoms with E-state index < -0.39 is 0 Å². The van der Waals surface area contributed by atoms with E-state index in [1.54, 1.807) is 0 Å². The Kier molecular flexibility index (Phi) is 6.38. The molecule has 0 saturated heterocycles. The molecule has 0 radical (unpaired) electrons. The second kappa shape index (κ2) is 8.29. The SMILES string of the molecule is Cc1ccc(NC(=S)N[C@H](C)c2ccc(CC(C)C)cc2)cc1C. The van der Waals surface area contributed by atoms with Crippen LogP contribution in [0.1, 0.15) is 49.1 Å². The zero-order valence-corrected chi connectivity index (χ0v) is 16.1. The van der Waals surface area contributed by atoms with Crippen LogP contribution >= 0.6 is 12.2 Å². The smallest absolute Gasteiger partial charge is 0.171 e. The summed E-state index contributed by atoms with van der Waals surface area (Å²) in [7, 11) is 0. The predicted molar refractivity (Wildman–Crippen MR) is 109 cm³/mol. The minimum absolute atomic E-state index is 0.171. The molecule has 2 aromatic carbocycles. The third-order valence-electron chi connectivity index (χ3n) is 4.24. The molecule has 24 heavy (non-hydrogen) atoms. The van der Waals surface area contributed by atoms with Gasteiger partial charge in [-0.2, -0.15) is 0 Å². The van der Waals surface area contributed by atoms with Crippen LogP contribution in [0.2, 0.25) is 0 Å². The highest BCUT2D eigenvalue weighted by atomic mass is 32.1. The van der Waals surface area contributed by atoms with Gasteiger partial charge in [0.05, 0.1) is 6.04 Å². The summed E-state index contributed by atoms with van der Waals surface area (Å²) in [5.74, 6) is 0.682. The molecule has 0 bridgehead atoms.